The lowest BCUT2D eigenvalue weighted by molar-refractivity contribution is 0.0929. The molecule has 3 heteroatoms. The van der Waals surface area contributed by atoms with Crippen LogP contribution in [0.1, 0.15) is 39.9 Å². The third-order valence-corrected chi connectivity index (χ3v) is 3.54. The van der Waals surface area contributed by atoms with Crippen LogP contribution in [0.5, 0.6) is 0 Å². The van der Waals surface area contributed by atoms with Crippen LogP contribution in [0.4, 0.5) is 0 Å². The molecule has 0 spiro atoms. The van der Waals surface area contributed by atoms with Gasteiger partial charge in [-0.2, -0.15) is 0 Å². The van der Waals surface area contributed by atoms with Crippen molar-refractivity contribution in [3.05, 3.63) is 34.4 Å². The summed E-state index contributed by atoms with van der Waals surface area (Å²) in [6, 6.07) is 4.41. The molecule has 1 heterocycles. The highest BCUT2D eigenvalue weighted by Gasteiger charge is 2.18. The molecule has 18 heavy (non-hydrogen) atoms. The van der Waals surface area contributed by atoms with Gasteiger partial charge in [-0.15, -0.1) is 0 Å². The number of rotatable bonds is 2. The molecule has 98 valence electrons. The van der Waals surface area contributed by atoms with E-state index in [1.807, 2.05) is 13.8 Å². The summed E-state index contributed by atoms with van der Waals surface area (Å²) >= 11 is 0. The van der Waals surface area contributed by atoms with E-state index in [1.54, 1.807) is 0 Å². The van der Waals surface area contributed by atoms with Crippen molar-refractivity contribution < 1.29 is 4.79 Å². The number of benzene rings is 1. The van der Waals surface area contributed by atoms with Crippen molar-refractivity contribution in [2.75, 3.05) is 13.1 Å². The van der Waals surface area contributed by atoms with Crippen LogP contribution < -0.4 is 10.6 Å². The molecule has 1 aliphatic heterocycles. The van der Waals surface area contributed by atoms with Gasteiger partial charge in [0.1, 0.15) is 0 Å². The second-order valence-electron chi connectivity index (χ2n) is 5.29. The molecule has 0 bridgehead atoms. The van der Waals surface area contributed by atoms with Crippen molar-refractivity contribution in [2.24, 2.45) is 0 Å². The highest BCUT2D eigenvalue weighted by atomic mass is 16.1. The molecule has 0 saturated carbocycles. The summed E-state index contributed by atoms with van der Waals surface area (Å²) in [5.41, 5.74) is 4.18. The van der Waals surface area contributed by atoms with Crippen LogP contribution in [0.3, 0.4) is 0 Å². The molecule has 2 rings (SSSR count). The van der Waals surface area contributed by atoms with Crippen LogP contribution in [0.25, 0.3) is 0 Å². The average Bonchev–Trinajstić information content (AvgIpc) is 2.28. The monoisotopic (exact) mass is 246 g/mol. The quantitative estimate of drug-likeness (QED) is 0.839. The number of hydrogen-bond acceptors (Lipinski definition) is 2. The normalized spacial score (nSPS) is 19.6. The first-order valence-electron chi connectivity index (χ1n) is 6.67. The van der Waals surface area contributed by atoms with Gasteiger partial charge in [0.05, 0.1) is 0 Å². The fourth-order valence-electron chi connectivity index (χ4n) is 2.77. The zero-order valence-corrected chi connectivity index (χ0v) is 11.5. The summed E-state index contributed by atoms with van der Waals surface area (Å²) in [4.78, 5) is 12.3. The molecule has 1 fully saturated rings. The van der Waals surface area contributed by atoms with Gasteiger partial charge in [-0.3, -0.25) is 4.79 Å². The topological polar surface area (TPSA) is 41.1 Å². The van der Waals surface area contributed by atoms with Crippen molar-refractivity contribution in [1.29, 1.82) is 0 Å². The van der Waals surface area contributed by atoms with E-state index in [4.69, 9.17) is 0 Å². The summed E-state index contributed by atoms with van der Waals surface area (Å²) in [6.45, 7) is 8.03. The molecule has 2 N–H and O–H groups in total. The molecule has 1 unspecified atom stereocenters. The van der Waals surface area contributed by atoms with Crippen molar-refractivity contribution in [3.63, 3.8) is 0 Å². The lowest BCUT2D eigenvalue weighted by Gasteiger charge is -2.24. The largest absolute Gasteiger partial charge is 0.348 e. The number of amides is 1. The minimum Gasteiger partial charge on any atom is -0.348 e. The Bertz CT molecular complexity index is 425. The molecular weight excluding hydrogens is 224 g/mol. The van der Waals surface area contributed by atoms with Crippen LogP contribution >= 0.6 is 0 Å². The summed E-state index contributed by atoms with van der Waals surface area (Å²) in [6.07, 6.45) is 2.21. The Morgan fingerprint density at radius 2 is 1.94 bits per heavy atom. The molecule has 1 atom stereocenters. The van der Waals surface area contributed by atoms with E-state index in [0.717, 1.165) is 42.6 Å². The number of carbonyl (C=O) groups is 1. The number of piperidine rings is 1. The van der Waals surface area contributed by atoms with E-state index in [1.165, 1.54) is 5.56 Å². The summed E-state index contributed by atoms with van der Waals surface area (Å²) < 4.78 is 0. The van der Waals surface area contributed by atoms with E-state index in [-0.39, 0.29) is 11.9 Å². The van der Waals surface area contributed by atoms with Crippen LogP contribution in [0.2, 0.25) is 0 Å². The fourth-order valence-corrected chi connectivity index (χ4v) is 2.77. The first kappa shape index (κ1) is 13.1. The Hall–Kier alpha value is -1.35. The number of carbonyl (C=O) groups excluding carboxylic acids is 1. The van der Waals surface area contributed by atoms with Crippen molar-refractivity contribution in [2.45, 2.75) is 39.7 Å². The average molecular weight is 246 g/mol. The smallest absolute Gasteiger partial charge is 0.252 e. The van der Waals surface area contributed by atoms with Crippen LogP contribution in [-0.2, 0) is 0 Å². The molecule has 1 aromatic carbocycles. The summed E-state index contributed by atoms with van der Waals surface area (Å²) in [7, 11) is 0. The lowest BCUT2D eigenvalue weighted by Crippen LogP contribution is -2.45. The van der Waals surface area contributed by atoms with Crippen LogP contribution in [0.15, 0.2) is 12.1 Å². The minimum atomic E-state index is 0.0682. The Balaban J connectivity index is 2.13. The van der Waals surface area contributed by atoms with Gasteiger partial charge in [0.15, 0.2) is 0 Å². The van der Waals surface area contributed by atoms with E-state index in [9.17, 15) is 4.79 Å². The minimum absolute atomic E-state index is 0.0682. The number of aryl methyl sites for hydroxylation is 3. The van der Waals surface area contributed by atoms with Crippen molar-refractivity contribution in [1.82, 2.24) is 10.6 Å². The second kappa shape index (κ2) is 5.53. The maximum absolute atomic E-state index is 12.3. The fraction of sp³-hybridized carbons (Fsp3) is 0.533. The number of hydrogen-bond donors (Lipinski definition) is 2. The number of nitrogens with one attached hydrogen (secondary N) is 2. The lowest BCUT2D eigenvalue weighted by atomic mass is 9.98. The van der Waals surface area contributed by atoms with Gasteiger partial charge in [-0.1, -0.05) is 17.7 Å². The molecule has 3 nitrogen and oxygen atoms in total. The molecule has 1 saturated heterocycles. The van der Waals surface area contributed by atoms with E-state index >= 15 is 0 Å². The Kier molecular flexibility index (Phi) is 4.02. The highest BCUT2D eigenvalue weighted by Crippen LogP contribution is 2.16. The third kappa shape index (κ3) is 2.91. The molecule has 1 aliphatic rings. The van der Waals surface area contributed by atoms with Crippen molar-refractivity contribution in [3.8, 4) is 0 Å². The van der Waals surface area contributed by atoms with Crippen molar-refractivity contribution >= 4 is 5.91 Å². The highest BCUT2D eigenvalue weighted by molar-refractivity contribution is 5.97. The second-order valence-corrected chi connectivity index (χ2v) is 5.29. The molecule has 0 aliphatic carbocycles. The van der Waals surface area contributed by atoms with Gasteiger partial charge < -0.3 is 10.6 Å². The van der Waals surface area contributed by atoms with Crippen LogP contribution in [-0.4, -0.2) is 25.0 Å². The van der Waals surface area contributed by atoms with Gasteiger partial charge >= 0.3 is 0 Å². The SMILES string of the molecule is Cc1cc(C)c(C(=O)NC2CCCNC2)c(C)c1. The van der Waals surface area contributed by atoms with E-state index < -0.39 is 0 Å². The summed E-state index contributed by atoms with van der Waals surface area (Å²) in [5.74, 6) is 0.0682. The molecule has 1 aromatic rings. The Labute approximate surface area is 109 Å². The zero-order valence-electron chi connectivity index (χ0n) is 11.5. The van der Waals surface area contributed by atoms with E-state index in [2.05, 4.69) is 29.7 Å². The maximum Gasteiger partial charge on any atom is 0.252 e. The Morgan fingerprint density at radius 3 is 2.50 bits per heavy atom. The predicted molar refractivity (Wildman–Crippen MR) is 74.0 cm³/mol. The predicted octanol–water partition coefficient (Wildman–Crippen LogP) is 2.09. The zero-order chi connectivity index (χ0) is 13.1. The van der Waals surface area contributed by atoms with E-state index in [0.29, 0.717) is 0 Å². The van der Waals surface area contributed by atoms with Gasteiger partial charge in [-0.25, -0.2) is 0 Å². The Morgan fingerprint density at radius 1 is 1.28 bits per heavy atom. The third-order valence-electron chi connectivity index (χ3n) is 3.54. The van der Waals surface area contributed by atoms with Gasteiger partial charge in [0.25, 0.3) is 5.91 Å². The summed E-state index contributed by atoms with van der Waals surface area (Å²) in [5, 5.41) is 6.45. The van der Waals surface area contributed by atoms with Gasteiger partial charge in [0.2, 0.25) is 0 Å². The molecule has 0 radical (unpaired) electrons. The molecule has 1 amide bonds. The first-order chi connectivity index (χ1) is 8.58. The first-order valence-corrected chi connectivity index (χ1v) is 6.67. The molecular formula is C15H22N2O. The molecule has 0 aromatic heterocycles. The van der Waals surface area contributed by atoms with Gasteiger partial charge in [0, 0.05) is 18.2 Å². The van der Waals surface area contributed by atoms with Gasteiger partial charge in [-0.05, 0) is 51.3 Å². The van der Waals surface area contributed by atoms with Crippen LogP contribution in [0, 0.1) is 20.8 Å². The maximum atomic E-state index is 12.3. The standard InChI is InChI=1S/C15H22N2O/c1-10-7-11(2)14(12(3)8-10)15(18)17-13-5-4-6-16-9-13/h7-8,13,16H,4-6,9H2,1-3H3,(H,17,18).